The van der Waals surface area contributed by atoms with Crippen molar-refractivity contribution < 1.29 is 34.6 Å². The molecule has 0 aliphatic heterocycles. The maximum absolute atomic E-state index is 8.61. The van der Waals surface area contributed by atoms with E-state index in [9.17, 15) is 0 Å². The van der Waals surface area contributed by atoms with E-state index >= 15 is 0 Å². The van der Waals surface area contributed by atoms with Crippen molar-refractivity contribution in [3.63, 3.8) is 0 Å². The molecule has 0 unspecified atom stereocenters. The van der Waals surface area contributed by atoms with Gasteiger partial charge in [0, 0.05) is 18.6 Å². The van der Waals surface area contributed by atoms with Crippen molar-refractivity contribution in [1.29, 1.82) is 0 Å². The van der Waals surface area contributed by atoms with Crippen LogP contribution in [-0.2, 0) is 22.3 Å². The van der Waals surface area contributed by atoms with Crippen molar-refractivity contribution in [2.45, 2.75) is 0 Å². The molecule has 6 heteroatoms. The van der Waals surface area contributed by atoms with Crippen LogP contribution in [0.2, 0.25) is 0 Å². The summed E-state index contributed by atoms with van der Waals surface area (Å²) in [5.74, 6) is 0. The zero-order valence-electron chi connectivity index (χ0n) is 2.53. The maximum atomic E-state index is 8.61. The molecule has 0 N–H and O–H groups in total. The van der Waals surface area contributed by atoms with E-state index < -0.39 is 14.5 Å². The van der Waals surface area contributed by atoms with Crippen LogP contribution < -0.4 is 12.3 Å². The second kappa shape index (κ2) is 2.91. The predicted octanol–water partition coefficient (Wildman–Crippen LogP) is -4.07. The zero-order chi connectivity index (χ0) is 4.50. The van der Waals surface area contributed by atoms with Crippen LogP contribution in [0, 0.1) is 0 Å². The molecule has 0 amide bonds. The Morgan fingerprint density at radius 1 is 1.17 bits per heavy atom. The quantitative estimate of drug-likeness (QED) is 0.363. The molecule has 6 heavy (non-hydrogen) atoms. The molecule has 4 nitrogen and oxygen atoms in total. The molecule has 0 aromatic heterocycles. The Bertz CT molecular complexity index is 53.7. The van der Waals surface area contributed by atoms with E-state index in [1.54, 1.807) is 0 Å². The van der Waals surface area contributed by atoms with Gasteiger partial charge in [-0.3, -0.25) is 0 Å². The van der Waals surface area contributed by atoms with Gasteiger partial charge in [-0.05, 0) is 0 Å². The molecule has 0 heterocycles. The van der Waals surface area contributed by atoms with E-state index in [4.69, 9.17) is 16.0 Å². The van der Waals surface area contributed by atoms with Crippen LogP contribution in [0.4, 0.5) is 0 Å². The minimum absolute atomic E-state index is 0. The molecule has 0 aliphatic rings. The van der Waals surface area contributed by atoms with E-state index in [1.165, 1.54) is 0 Å². The van der Waals surface area contributed by atoms with Crippen LogP contribution in [0.3, 0.4) is 0 Å². The standard InChI is InChI=1S/AsH3O4.V/c2-1(3,4)5;/h(H3,2,3,4,5);/p-3. The molecule has 0 aromatic carbocycles. The summed E-state index contributed by atoms with van der Waals surface area (Å²) in [4.78, 5) is 0. The van der Waals surface area contributed by atoms with Gasteiger partial charge in [-0.15, -0.1) is 0 Å². The summed E-state index contributed by atoms with van der Waals surface area (Å²) < 4.78 is 34.4. The van der Waals surface area contributed by atoms with Gasteiger partial charge >= 0.3 is 30.5 Å². The molecular weight excluding hydrogens is 190 g/mol. The van der Waals surface area contributed by atoms with E-state index in [-0.39, 0.29) is 18.6 Å². The van der Waals surface area contributed by atoms with Crippen LogP contribution in [0.5, 0.6) is 0 Å². The van der Waals surface area contributed by atoms with Gasteiger partial charge in [-0.25, -0.2) is 0 Å². The third-order valence-corrected chi connectivity index (χ3v) is 0. The summed E-state index contributed by atoms with van der Waals surface area (Å²) in [6.07, 6.45) is 0. The predicted molar refractivity (Wildman–Crippen MR) is 6.44 cm³/mol. The van der Waals surface area contributed by atoms with Crippen molar-refractivity contribution in [2.75, 3.05) is 0 Å². The second-order valence-electron chi connectivity index (χ2n) is 0.447. The summed E-state index contributed by atoms with van der Waals surface area (Å²) in [6, 6.07) is 0. The Hall–Kier alpha value is 0.823. The molecule has 37 valence electrons. The summed E-state index contributed by atoms with van der Waals surface area (Å²) in [7, 11) is 0. The summed E-state index contributed by atoms with van der Waals surface area (Å²) in [5, 5.41) is 0. The SMILES string of the molecule is O=[As]([O-])([O-])[O-].[V]. The Labute approximate surface area is 49.4 Å². The summed E-state index contributed by atoms with van der Waals surface area (Å²) in [6.45, 7) is 0. The van der Waals surface area contributed by atoms with Gasteiger partial charge in [0.25, 0.3) is 0 Å². The zero-order valence-corrected chi connectivity index (χ0v) is 5.80. The first-order valence-electron chi connectivity index (χ1n) is 0.730. The minimum Gasteiger partial charge on any atom is 0 e. The van der Waals surface area contributed by atoms with E-state index in [2.05, 4.69) is 0 Å². The monoisotopic (exact) mass is 190 g/mol. The average molecular weight is 190 g/mol. The van der Waals surface area contributed by atoms with Crippen molar-refractivity contribution >= 4 is 14.5 Å². The van der Waals surface area contributed by atoms with E-state index in [0.717, 1.165) is 0 Å². The summed E-state index contributed by atoms with van der Waals surface area (Å²) in [5.41, 5.74) is 0. The van der Waals surface area contributed by atoms with Gasteiger partial charge in [0.15, 0.2) is 0 Å². The molecule has 0 bridgehead atoms. The van der Waals surface area contributed by atoms with E-state index in [1.807, 2.05) is 0 Å². The fourth-order valence-electron chi connectivity index (χ4n) is 0. The molecule has 0 spiro atoms. The van der Waals surface area contributed by atoms with Gasteiger partial charge in [-0.1, -0.05) is 0 Å². The Morgan fingerprint density at radius 2 is 1.17 bits per heavy atom. The number of hydrogen-bond acceptors (Lipinski definition) is 4. The van der Waals surface area contributed by atoms with Crippen LogP contribution in [-0.4, -0.2) is 14.5 Å². The van der Waals surface area contributed by atoms with E-state index in [0.29, 0.717) is 0 Å². The van der Waals surface area contributed by atoms with Crippen LogP contribution in [0.25, 0.3) is 0 Å². The van der Waals surface area contributed by atoms with Crippen molar-refractivity contribution in [1.82, 2.24) is 0 Å². The molecule has 0 aliphatic carbocycles. The van der Waals surface area contributed by atoms with Crippen LogP contribution >= 0.6 is 0 Å². The van der Waals surface area contributed by atoms with Crippen LogP contribution in [0.15, 0.2) is 0 Å². The Balaban J connectivity index is 0. The number of rotatable bonds is 0. The molecule has 0 aromatic rings. The third-order valence-electron chi connectivity index (χ3n) is 0. The first-order chi connectivity index (χ1) is 2.00. The smallest absolute Gasteiger partial charge is 0 e. The fraction of sp³-hybridized carbons (Fsp3) is 0. The second-order valence-corrected chi connectivity index (χ2v) is 2.32. The Morgan fingerprint density at radius 3 is 1.17 bits per heavy atom. The van der Waals surface area contributed by atoms with Gasteiger partial charge in [0.05, 0.1) is 0 Å². The van der Waals surface area contributed by atoms with Crippen molar-refractivity contribution in [3.05, 3.63) is 0 Å². The molecular formula is AsO4V-3. The van der Waals surface area contributed by atoms with Gasteiger partial charge in [-0.2, -0.15) is 0 Å². The first-order valence-corrected chi connectivity index (χ1v) is 3.79. The van der Waals surface area contributed by atoms with Crippen LogP contribution in [0.1, 0.15) is 0 Å². The minimum atomic E-state index is -5.88. The number of hydrogen-bond donors (Lipinski definition) is 0. The van der Waals surface area contributed by atoms with Gasteiger partial charge in [0.2, 0.25) is 0 Å². The van der Waals surface area contributed by atoms with Crippen molar-refractivity contribution in [2.24, 2.45) is 0 Å². The van der Waals surface area contributed by atoms with Gasteiger partial charge < -0.3 is 0 Å². The topological polar surface area (TPSA) is 86.2 Å². The first kappa shape index (κ1) is 9.95. The van der Waals surface area contributed by atoms with Crippen molar-refractivity contribution in [3.8, 4) is 0 Å². The Kier molecular flexibility index (Phi) is 4.82. The molecule has 1 radical (unpaired) electrons. The third kappa shape index (κ3) is 104. The summed E-state index contributed by atoms with van der Waals surface area (Å²) >= 11 is -5.88. The molecule has 0 fully saturated rings. The fourth-order valence-corrected chi connectivity index (χ4v) is 0. The molecule has 0 atom stereocenters. The molecule has 0 rings (SSSR count). The largest absolute Gasteiger partial charge is 0 e. The normalized spacial score (nSPS) is 9.83. The van der Waals surface area contributed by atoms with Gasteiger partial charge in [0.1, 0.15) is 0 Å². The average Bonchev–Trinajstić information content (AvgIpc) is 0.722. The maximum Gasteiger partial charge on any atom is 0 e. The molecule has 0 saturated heterocycles. The molecule has 0 saturated carbocycles.